The van der Waals surface area contributed by atoms with E-state index in [1.807, 2.05) is 56.3 Å². The van der Waals surface area contributed by atoms with Crippen molar-refractivity contribution in [2.24, 2.45) is 0 Å². The molecule has 4 rings (SSSR count). The summed E-state index contributed by atoms with van der Waals surface area (Å²) in [7, 11) is 0. The van der Waals surface area contributed by atoms with E-state index in [0.717, 1.165) is 65.7 Å². The van der Waals surface area contributed by atoms with Gasteiger partial charge in [-0.1, -0.05) is 6.07 Å². The molecule has 0 unspecified atom stereocenters. The van der Waals surface area contributed by atoms with E-state index in [2.05, 4.69) is 25.9 Å². The number of piperidine rings is 1. The summed E-state index contributed by atoms with van der Waals surface area (Å²) in [5.74, 6) is 2.15. The summed E-state index contributed by atoms with van der Waals surface area (Å²) >= 11 is 0. The molecule has 1 fully saturated rings. The highest BCUT2D eigenvalue weighted by atomic mass is 16.5. The van der Waals surface area contributed by atoms with E-state index in [1.165, 1.54) is 0 Å². The second-order valence-electron chi connectivity index (χ2n) is 7.59. The Labute approximate surface area is 177 Å². The first-order chi connectivity index (χ1) is 14.6. The van der Waals surface area contributed by atoms with Crippen LogP contribution in [0.25, 0.3) is 0 Å². The van der Waals surface area contributed by atoms with Gasteiger partial charge in [-0.2, -0.15) is 4.98 Å². The maximum absolute atomic E-state index is 6.06. The Morgan fingerprint density at radius 2 is 1.80 bits per heavy atom. The predicted molar refractivity (Wildman–Crippen MR) is 122 cm³/mol. The lowest BCUT2D eigenvalue weighted by Gasteiger charge is -2.23. The number of ether oxygens (including phenoxy) is 1. The summed E-state index contributed by atoms with van der Waals surface area (Å²) < 4.78 is 6.06. The van der Waals surface area contributed by atoms with E-state index in [9.17, 15) is 0 Å². The van der Waals surface area contributed by atoms with E-state index in [-0.39, 0.29) is 6.10 Å². The molecule has 0 spiro atoms. The molecular weight excluding hydrogens is 376 g/mol. The van der Waals surface area contributed by atoms with Gasteiger partial charge in [0.05, 0.1) is 0 Å². The van der Waals surface area contributed by atoms with Crippen LogP contribution in [0.2, 0.25) is 0 Å². The van der Waals surface area contributed by atoms with Crippen molar-refractivity contribution >= 4 is 28.8 Å². The highest BCUT2D eigenvalue weighted by Crippen LogP contribution is 2.26. The molecule has 1 aliphatic heterocycles. The van der Waals surface area contributed by atoms with Crippen LogP contribution in [0.15, 0.2) is 48.7 Å². The molecule has 3 aromatic rings. The van der Waals surface area contributed by atoms with Crippen molar-refractivity contribution in [2.75, 3.05) is 29.5 Å². The first-order valence-electron chi connectivity index (χ1n) is 10.3. The average molecular weight is 405 g/mol. The quantitative estimate of drug-likeness (QED) is 0.455. The maximum Gasteiger partial charge on any atom is 0.229 e. The van der Waals surface area contributed by atoms with Crippen molar-refractivity contribution in [3.05, 3.63) is 59.8 Å². The number of hydrogen-bond acceptors (Lipinski definition) is 7. The van der Waals surface area contributed by atoms with Crippen LogP contribution in [0.1, 0.15) is 24.0 Å². The number of nitrogens with two attached hydrogens (primary N) is 1. The summed E-state index contributed by atoms with van der Waals surface area (Å²) in [4.78, 5) is 9.04. The van der Waals surface area contributed by atoms with Gasteiger partial charge in [-0.15, -0.1) is 0 Å². The molecule has 2 heterocycles. The van der Waals surface area contributed by atoms with Crippen LogP contribution >= 0.6 is 0 Å². The molecule has 0 bridgehead atoms. The molecule has 0 saturated carbocycles. The number of nitrogen functional groups attached to an aromatic ring is 1. The third-order valence-corrected chi connectivity index (χ3v) is 5.30. The molecule has 2 aromatic carbocycles. The van der Waals surface area contributed by atoms with Gasteiger partial charge in [0.2, 0.25) is 5.95 Å². The minimum Gasteiger partial charge on any atom is -0.490 e. The topological polar surface area (TPSA) is 97.1 Å². The Morgan fingerprint density at radius 3 is 2.57 bits per heavy atom. The Bertz CT molecular complexity index is 999. The van der Waals surface area contributed by atoms with Crippen LogP contribution in [0.4, 0.5) is 28.8 Å². The summed E-state index contributed by atoms with van der Waals surface area (Å²) in [6.07, 6.45) is 4.17. The van der Waals surface area contributed by atoms with Crippen LogP contribution in [0.5, 0.6) is 5.75 Å². The van der Waals surface area contributed by atoms with Gasteiger partial charge in [-0.3, -0.25) is 0 Å². The molecule has 7 nitrogen and oxygen atoms in total. The average Bonchev–Trinajstić information content (AvgIpc) is 2.76. The molecule has 1 aliphatic rings. The van der Waals surface area contributed by atoms with Crippen LogP contribution in [0, 0.1) is 13.8 Å². The smallest absolute Gasteiger partial charge is 0.229 e. The van der Waals surface area contributed by atoms with Crippen LogP contribution in [-0.4, -0.2) is 29.2 Å². The van der Waals surface area contributed by atoms with E-state index >= 15 is 0 Å². The summed E-state index contributed by atoms with van der Waals surface area (Å²) in [6, 6.07) is 13.7. The second-order valence-corrected chi connectivity index (χ2v) is 7.59. The van der Waals surface area contributed by atoms with Crippen molar-refractivity contribution in [1.82, 2.24) is 15.3 Å². The van der Waals surface area contributed by atoms with E-state index in [4.69, 9.17) is 10.5 Å². The number of aromatic nitrogens is 2. The zero-order valence-electron chi connectivity index (χ0n) is 17.4. The maximum atomic E-state index is 6.06. The number of nitrogens with one attached hydrogen (secondary N) is 3. The van der Waals surface area contributed by atoms with Gasteiger partial charge in [0.15, 0.2) is 0 Å². The lowest BCUT2D eigenvalue weighted by Crippen LogP contribution is -2.34. The summed E-state index contributed by atoms with van der Waals surface area (Å²) in [5.41, 5.74) is 10.5. The Kier molecular flexibility index (Phi) is 5.99. The number of anilines is 5. The predicted octanol–water partition coefficient (Wildman–Crippen LogP) is 4.29. The van der Waals surface area contributed by atoms with Gasteiger partial charge in [0.1, 0.15) is 17.7 Å². The molecule has 0 aliphatic carbocycles. The van der Waals surface area contributed by atoms with E-state index in [1.54, 1.807) is 6.20 Å². The van der Waals surface area contributed by atoms with Gasteiger partial charge >= 0.3 is 0 Å². The second kappa shape index (κ2) is 9.00. The fourth-order valence-corrected chi connectivity index (χ4v) is 3.40. The number of rotatable bonds is 6. The van der Waals surface area contributed by atoms with E-state index < -0.39 is 0 Å². The SMILES string of the molecule is Cc1cnc(Nc2ccc(OC3CCNCC3)cc2)nc1Nc1cccc(N)c1C. The number of benzene rings is 2. The molecule has 7 heteroatoms. The molecule has 0 radical (unpaired) electrons. The van der Waals surface area contributed by atoms with Crippen molar-refractivity contribution in [2.45, 2.75) is 32.8 Å². The zero-order valence-corrected chi connectivity index (χ0v) is 17.4. The fourth-order valence-electron chi connectivity index (χ4n) is 3.40. The van der Waals surface area contributed by atoms with Crippen molar-refractivity contribution in [3.63, 3.8) is 0 Å². The third-order valence-electron chi connectivity index (χ3n) is 5.30. The third kappa shape index (κ3) is 4.80. The number of aryl methyl sites for hydroxylation is 1. The Morgan fingerprint density at radius 1 is 1.03 bits per heavy atom. The standard InChI is InChI=1S/C23H28N6O/c1-15-14-26-23(29-22(15)28-21-5-3-4-20(24)16(21)2)27-17-6-8-18(9-7-17)30-19-10-12-25-13-11-19/h3-9,14,19,25H,10-13,24H2,1-2H3,(H2,26,27,28,29). The highest BCUT2D eigenvalue weighted by molar-refractivity contribution is 5.69. The first kappa shape index (κ1) is 20.0. The number of nitrogens with zero attached hydrogens (tertiary/aromatic N) is 2. The molecule has 1 aromatic heterocycles. The first-order valence-corrected chi connectivity index (χ1v) is 10.3. The lowest BCUT2D eigenvalue weighted by atomic mass is 10.1. The largest absolute Gasteiger partial charge is 0.490 e. The van der Waals surface area contributed by atoms with Gasteiger partial charge in [0, 0.05) is 28.8 Å². The van der Waals surface area contributed by atoms with E-state index in [0.29, 0.717) is 5.95 Å². The van der Waals surface area contributed by atoms with Crippen molar-refractivity contribution in [1.29, 1.82) is 0 Å². The normalized spacial score (nSPS) is 14.3. The zero-order chi connectivity index (χ0) is 20.9. The molecule has 0 atom stereocenters. The minimum absolute atomic E-state index is 0.287. The molecule has 0 amide bonds. The van der Waals surface area contributed by atoms with Crippen molar-refractivity contribution in [3.8, 4) is 5.75 Å². The Hall–Kier alpha value is -3.32. The molecular formula is C23H28N6O. The van der Waals surface area contributed by atoms with Crippen LogP contribution in [0.3, 0.4) is 0 Å². The minimum atomic E-state index is 0.287. The molecule has 156 valence electrons. The summed E-state index contributed by atoms with van der Waals surface area (Å²) in [5, 5.41) is 9.98. The van der Waals surface area contributed by atoms with Crippen LogP contribution < -0.4 is 26.4 Å². The van der Waals surface area contributed by atoms with Gasteiger partial charge in [-0.25, -0.2) is 4.98 Å². The Balaban J connectivity index is 1.44. The monoisotopic (exact) mass is 404 g/mol. The van der Waals surface area contributed by atoms with Gasteiger partial charge in [0.25, 0.3) is 0 Å². The van der Waals surface area contributed by atoms with Gasteiger partial charge in [-0.05, 0) is 81.7 Å². The fraction of sp³-hybridized carbons (Fsp3) is 0.304. The lowest BCUT2D eigenvalue weighted by molar-refractivity contribution is 0.162. The molecule has 1 saturated heterocycles. The highest BCUT2D eigenvalue weighted by Gasteiger charge is 2.14. The molecule has 5 N–H and O–H groups in total. The van der Waals surface area contributed by atoms with Gasteiger partial charge < -0.3 is 26.4 Å². The van der Waals surface area contributed by atoms with Crippen LogP contribution in [-0.2, 0) is 0 Å². The molecule has 30 heavy (non-hydrogen) atoms. The van der Waals surface area contributed by atoms with Crippen molar-refractivity contribution < 1.29 is 4.74 Å². The summed E-state index contributed by atoms with van der Waals surface area (Å²) in [6.45, 7) is 5.99. The number of hydrogen-bond donors (Lipinski definition) is 4.